The van der Waals surface area contributed by atoms with Crippen LogP contribution >= 0.6 is 23.4 Å². The van der Waals surface area contributed by atoms with Gasteiger partial charge in [-0.3, -0.25) is 9.59 Å². The van der Waals surface area contributed by atoms with E-state index >= 15 is 0 Å². The molecule has 3 aromatic rings. The lowest BCUT2D eigenvalue weighted by Crippen LogP contribution is -2.22. The predicted molar refractivity (Wildman–Crippen MR) is 128 cm³/mol. The van der Waals surface area contributed by atoms with Crippen LogP contribution in [-0.2, 0) is 16.0 Å². The van der Waals surface area contributed by atoms with Crippen molar-refractivity contribution in [1.29, 1.82) is 0 Å². The number of hydrogen-bond acceptors (Lipinski definition) is 4. The van der Waals surface area contributed by atoms with Crippen LogP contribution in [0, 0.1) is 0 Å². The van der Waals surface area contributed by atoms with Gasteiger partial charge in [0.05, 0.1) is 27.9 Å². The van der Waals surface area contributed by atoms with Crippen molar-refractivity contribution in [1.82, 2.24) is 0 Å². The lowest BCUT2D eigenvalue weighted by Gasteiger charge is -2.14. The van der Waals surface area contributed by atoms with Crippen molar-refractivity contribution in [2.24, 2.45) is 0 Å². The number of aromatic carboxylic acids is 1. The van der Waals surface area contributed by atoms with E-state index in [0.717, 1.165) is 10.5 Å². The van der Waals surface area contributed by atoms with Gasteiger partial charge < -0.3 is 15.7 Å². The maximum Gasteiger partial charge on any atom is 0.335 e. The van der Waals surface area contributed by atoms with Crippen molar-refractivity contribution in [2.75, 3.05) is 10.6 Å². The number of carbonyl (C=O) groups is 3. The summed E-state index contributed by atoms with van der Waals surface area (Å²) in [5, 5.41) is 14.4. The van der Waals surface area contributed by atoms with Crippen LogP contribution in [0.25, 0.3) is 0 Å². The van der Waals surface area contributed by atoms with Crippen molar-refractivity contribution in [3.63, 3.8) is 0 Å². The number of halogens is 1. The Hall–Kier alpha value is -3.29. The van der Waals surface area contributed by atoms with Crippen molar-refractivity contribution in [3.05, 3.63) is 88.9 Å². The minimum atomic E-state index is -1.10. The van der Waals surface area contributed by atoms with Crippen LogP contribution in [0.3, 0.4) is 0 Å². The Morgan fingerprint density at radius 1 is 0.969 bits per heavy atom. The van der Waals surface area contributed by atoms with E-state index < -0.39 is 11.2 Å². The van der Waals surface area contributed by atoms with Gasteiger partial charge in [-0.2, -0.15) is 0 Å². The summed E-state index contributed by atoms with van der Waals surface area (Å²) in [4.78, 5) is 36.7. The molecule has 0 saturated heterocycles. The zero-order chi connectivity index (χ0) is 23.1. The summed E-state index contributed by atoms with van der Waals surface area (Å²) in [5.41, 5.74) is 1.89. The second-order valence-electron chi connectivity index (χ2n) is 6.98. The molecule has 3 rings (SSSR count). The van der Waals surface area contributed by atoms with Crippen LogP contribution < -0.4 is 10.6 Å². The largest absolute Gasteiger partial charge is 0.478 e. The smallest absolute Gasteiger partial charge is 0.335 e. The minimum absolute atomic E-state index is 0.0370. The second-order valence-corrected chi connectivity index (χ2v) is 8.81. The maximum absolute atomic E-state index is 12.5. The van der Waals surface area contributed by atoms with Gasteiger partial charge in [-0.25, -0.2) is 4.79 Å². The Labute approximate surface area is 195 Å². The molecule has 0 fully saturated rings. The van der Waals surface area contributed by atoms with Gasteiger partial charge in [-0.15, -0.1) is 11.8 Å². The molecule has 164 valence electrons. The Bertz CT molecular complexity index is 1120. The fraction of sp³-hybridized carbons (Fsp3) is 0.125. The number of thioether (sulfide) groups is 1. The Balaban J connectivity index is 1.55. The molecule has 0 heterocycles. The van der Waals surface area contributed by atoms with E-state index in [0.29, 0.717) is 12.1 Å². The Morgan fingerprint density at radius 2 is 1.66 bits per heavy atom. The zero-order valence-electron chi connectivity index (χ0n) is 17.2. The van der Waals surface area contributed by atoms with Gasteiger partial charge in [-0.1, -0.05) is 41.9 Å². The molecule has 3 N–H and O–H groups in total. The summed E-state index contributed by atoms with van der Waals surface area (Å²) in [6.45, 7) is 1.74. The number of nitrogens with one attached hydrogen (secondary N) is 2. The molecular formula is C24H21ClN2O4S. The van der Waals surface area contributed by atoms with Crippen molar-refractivity contribution in [3.8, 4) is 0 Å². The Kier molecular flexibility index (Phi) is 7.92. The average Bonchev–Trinajstić information content (AvgIpc) is 2.77. The van der Waals surface area contributed by atoms with E-state index in [1.807, 2.05) is 42.5 Å². The van der Waals surface area contributed by atoms with E-state index in [2.05, 4.69) is 10.6 Å². The first-order valence-corrected chi connectivity index (χ1v) is 11.0. The first-order valence-electron chi connectivity index (χ1n) is 9.76. The number of anilines is 2. The Morgan fingerprint density at radius 3 is 2.31 bits per heavy atom. The minimum Gasteiger partial charge on any atom is -0.478 e. The number of carboxylic acid groups (broad SMARTS) is 1. The van der Waals surface area contributed by atoms with Gasteiger partial charge in [0, 0.05) is 10.6 Å². The molecule has 1 unspecified atom stereocenters. The molecule has 0 radical (unpaired) electrons. The molecule has 1 atom stereocenters. The molecule has 0 aliphatic rings. The topological polar surface area (TPSA) is 95.5 Å². The van der Waals surface area contributed by atoms with Gasteiger partial charge in [0.1, 0.15) is 0 Å². The van der Waals surface area contributed by atoms with Crippen LogP contribution in [-0.4, -0.2) is 28.1 Å². The third-order valence-corrected chi connectivity index (χ3v) is 5.94. The highest BCUT2D eigenvalue weighted by Gasteiger charge is 2.17. The molecule has 0 aromatic heterocycles. The van der Waals surface area contributed by atoms with Gasteiger partial charge in [-0.05, 0) is 55.0 Å². The van der Waals surface area contributed by atoms with Gasteiger partial charge in [0.2, 0.25) is 11.8 Å². The highest BCUT2D eigenvalue weighted by molar-refractivity contribution is 8.00. The van der Waals surface area contributed by atoms with Crippen LogP contribution in [0.5, 0.6) is 0 Å². The lowest BCUT2D eigenvalue weighted by atomic mass is 10.1. The number of rotatable bonds is 8. The molecule has 0 bridgehead atoms. The number of carboxylic acids is 1. The summed E-state index contributed by atoms with van der Waals surface area (Å²) < 4.78 is 0. The molecule has 3 aromatic carbocycles. The van der Waals surface area contributed by atoms with Crippen molar-refractivity contribution >= 4 is 52.5 Å². The standard InChI is InChI=1S/C24H21ClN2O4S/c1-15(23(29)27-21-14-17(24(30)31)7-12-20(21)25)32-19-10-8-18(9-11-19)26-22(28)13-16-5-3-2-4-6-16/h2-12,14-15H,13H2,1H3,(H,26,28)(H,27,29)(H,30,31). The van der Waals surface area contributed by atoms with Gasteiger partial charge in [0.25, 0.3) is 0 Å². The summed E-state index contributed by atoms with van der Waals surface area (Å²) in [6.07, 6.45) is 0.292. The predicted octanol–water partition coefficient (Wildman–Crippen LogP) is 5.34. The number of carbonyl (C=O) groups excluding carboxylic acids is 2. The third kappa shape index (κ3) is 6.60. The molecule has 6 nitrogen and oxygen atoms in total. The van der Waals surface area contributed by atoms with Crippen LogP contribution in [0.4, 0.5) is 11.4 Å². The van der Waals surface area contributed by atoms with E-state index in [1.165, 1.54) is 30.0 Å². The monoisotopic (exact) mass is 468 g/mol. The molecule has 32 heavy (non-hydrogen) atoms. The highest BCUT2D eigenvalue weighted by atomic mass is 35.5. The van der Waals surface area contributed by atoms with Gasteiger partial charge in [0.15, 0.2) is 0 Å². The summed E-state index contributed by atoms with van der Waals surface area (Å²) in [7, 11) is 0. The number of amides is 2. The molecule has 0 saturated carbocycles. The SMILES string of the molecule is CC(Sc1ccc(NC(=O)Cc2ccccc2)cc1)C(=O)Nc1cc(C(=O)O)ccc1Cl. The molecule has 2 amide bonds. The maximum atomic E-state index is 12.5. The molecule has 0 aliphatic carbocycles. The quantitative estimate of drug-likeness (QED) is 0.388. The summed E-state index contributed by atoms with van der Waals surface area (Å²) >= 11 is 7.40. The van der Waals surface area contributed by atoms with E-state index in [9.17, 15) is 14.4 Å². The number of benzene rings is 3. The summed E-state index contributed by atoms with van der Waals surface area (Å²) in [6, 6.07) is 20.8. The van der Waals surface area contributed by atoms with Crippen LogP contribution in [0.15, 0.2) is 77.7 Å². The third-order valence-electron chi connectivity index (χ3n) is 4.50. The van der Waals surface area contributed by atoms with Crippen molar-refractivity contribution < 1.29 is 19.5 Å². The molecule has 0 spiro atoms. The van der Waals surface area contributed by atoms with E-state index in [-0.39, 0.29) is 28.1 Å². The molecule has 0 aliphatic heterocycles. The average molecular weight is 469 g/mol. The van der Waals surface area contributed by atoms with Crippen LogP contribution in [0.2, 0.25) is 5.02 Å². The van der Waals surface area contributed by atoms with E-state index in [1.54, 1.807) is 19.1 Å². The number of hydrogen-bond donors (Lipinski definition) is 3. The molecule has 8 heteroatoms. The fourth-order valence-corrected chi connectivity index (χ4v) is 3.88. The van der Waals surface area contributed by atoms with Crippen molar-refractivity contribution in [2.45, 2.75) is 23.5 Å². The van der Waals surface area contributed by atoms with Crippen LogP contribution in [0.1, 0.15) is 22.8 Å². The normalized spacial score (nSPS) is 11.4. The summed E-state index contributed by atoms with van der Waals surface area (Å²) in [5.74, 6) is -1.51. The zero-order valence-corrected chi connectivity index (χ0v) is 18.7. The van der Waals surface area contributed by atoms with Gasteiger partial charge >= 0.3 is 5.97 Å². The first-order chi connectivity index (χ1) is 15.3. The van der Waals surface area contributed by atoms with E-state index in [4.69, 9.17) is 16.7 Å². The lowest BCUT2D eigenvalue weighted by molar-refractivity contribution is -0.116. The molecular weight excluding hydrogens is 448 g/mol. The highest BCUT2D eigenvalue weighted by Crippen LogP contribution is 2.28. The second kappa shape index (κ2) is 10.8. The first kappa shape index (κ1) is 23.4. The fourth-order valence-electron chi connectivity index (χ4n) is 2.85.